The van der Waals surface area contributed by atoms with Crippen LogP contribution in [0.25, 0.3) is 0 Å². The van der Waals surface area contributed by atoms with Crippen molar-refractivity contribution in [2.24, 2.45) is 0 Å². The molecule has 0 bridgehead atoms. The molecule has 11 heavy (non-hydrogen) atoms. The van der Waals surface area contributed by atoms with E-state index in [-0.39, 0.29) is 7.35 Å². The Kier molecular flexibility index (Phi) is 4.24. The summed E-state index contributed by atoms with van der Waals surface area (Å²) in [5, 5.41) is 16.7. The van der Waals surface area contributed by atoms with Crippen molar-refractivity contribution < 1.29 is 29.2 Å². The monoisotopic (exact) mass is 160 g/mol. The average molecular weight is 160 g/mol. The van der Waals surface area contributed by atoms with E-state index in [1.807, 2.05) is 0 Å². The number of aliphatic hydroxyl groups is 2. The molecule has 0 spiro atoms. The van der Waals surface area contributed by atoms with E-state index in [0.29, 0.717) is 0 Å². The molecule has 0 heterocycles. The first-order chi connectivity index (χ1) is 5.13. The Morgan fingerprint density at radius 3 is 2.45 bits per heavy atom. The molecule has 0 aromatic heterocycles. The first-order valence-electron chi connectivity index (χ1n) is 2.61. The van der Waals surface area contributed by atoms with Crippen LogP contribution in [0, 0.1) is 0 Å². The van der Waals surface area contributed by atoms with E-state index < -0.39 is 24.5 Å². The zero-order valence-corrected chi connectivity index (χ0v) is 5.39. The SMILES string of the molecule is O=BOC(=O)C(=O)C(O)CO. The third-order valence-electron chi connectivity index (χ3n) is 0.832. The quantitative estimate of drug-likeness (QED) is 0.345. The minimum atomic E-state index is -1.82. The number of ketones is 1. The predicted octanol–water partition coefficient (Wildman–Crippen LogP) is -2.58. The Bertz CT molecular complexity index is 177. The normalized spacial score (nSPS) is 11.5. The van der Waals surface area contributed by atoms with Gasteiger partial charge in [0.2, 0.25) is 0 Å². The molecule has 0 aromatic rings. The number of Topliss-reactive ketones (excluding diaryl/α,β-unsaturated/α-hetero) is 1. The van der Waals surface area contributed by atoms with Gasteiger partial charge in [-0.2, -0.15) is 0 Å². The van der Waals surface area contributed by atoms with Crippen molar-refractivity contribution >= 4 is 19.1 Å². The maximum absolute atomic E-state index is 10.4. The van der Waals surface area contributed by atoms with Gasteiger partial charge in [-0.25, -0.2) is 0 Å². The Hall–Kier alpha value is -1.08. The summed E-state index contributed by atoms with van der Waals surface area (Å²) in [6, 6.07) is 0. The fourth-order valence-corrected chi connectivity index (χ4v) is 0.321. The van der Waals surface area contributed by atoms with Crippen LogP contribution in [0.15, 0.2) is 0 Å². The van der Waals surface area contributed by atoms with Gasteiger partial charge in [-0.3, -0.25) is 0 Å². The third-order valence-corrected chi connectivity index (χ3v) is 0.832. The Morgan fingerprint density at radius 2 is 2.09 bits per heavy atom. The Labute approximate surface area is 62.1 Å². The first-order valence-corrected chi connectivity index (χ1v) is 2.61. The summed E-state index contributed by atoms with van der Waals surface area (Å²) in [6.07, 6.45) is -1.82. The van der Waals surface area contributed by atoms with Crippen molar-refractivity contribution in [3.05, 3.63) is 0 Å². The molecule has 6 nitrogen and oxygen atoms in total. The molecule has 0 rings (SSSR count). The van der Waals surface area contributed by atoms with Crippen LogP contribution in [0.3, 0.4) is 0 Å². The molecule has 2 N–H and O–H groups in total. The number of hydrogen-bond donors (Lipinski definition) is 2. The van der Waals surface area contributed by atoms with Gasteiger partial charge >= 0.3 is 61.0 Å². The summed E-state index contributed by atoms with van der Waals surface area (Å²) in [4.78, 5) is 20.7. The van der Waals surface area contributed by atoms with Crippen LogP contribution >= 0.6 is 0 Å². The first kappa shape index (κ1) is 9.92. The van der Waals surface area contributed by atoms with Gasteiger partial charge in [0.1, 0.15) is 0 Å². The number of carbonyl (C=O) groups excluding carboxylic acids is 2. The predicted molar refractivity (Wildman–Crippen MR) is 30.6 cm³/mol. The van der Waals surface area contributed by atoms with Gasteiger partial charge in [0.05, 0.1) is 0 Å². The summed E-state index contributed by atoms with van der Waals surface area (Å²) < 4.78 is 13.1. The fraction of sp³-hybridized carbons (Fsp3) is 0.500. The molecular formula is C4H5BO6. The van der Waals surface area contributed by atoms with Crippen LogP contribution in [0.4, 0.5) is 0 Å². The molecule has 1 atom stereocenters. The number of rotatable bonds is 4. The molecule has 0 fully saturated rings. The van der Waals surface area contributed by atoms with E-state index in [1.54, 1.807) is 0 Å². The van der Waals surface area contributed by atoms with Crippen LogP contribution in [0.1, 0.15) is 0 Å². The summed E-state index contributed by atoms with van der Waals surface area (Å²) in [5.41, 5.74) is 0. The van der Waals surface area contributed by atoms with Crippen LogP contribution in [0.2, 0.25) is 0 Å². The van der Waals surface area contributed by atoms with E-state index in [4.69, 9.17) is 10.2 Å². The van der Waals surface area contributed by atoms with Crippen molar-refractivity contribution in [1.82, 2.24) is 0 Å². The molecule has 0 amide bonds. The molecule has 0 radical (unpaired) electrons. The van der Waals surface area contributed by atoms with Crippen molar-refractivity contribution in [3.8, 4) is 0 Å². The Morgan fingerprint density at radius 1 is 1.55 bits per heavy atom. The van der Waals surface area contributed by atoms with E-state index in [1.165, 1.54) is 0 Å². The van der Waals surface area contributed by atoms with Crippen LogP contribution in [-0.2, 0) is 18.9 Å². The second kappa shape index (κ2) is 4.70. The summed E-state index contributed by atoms with van der Waals surface area (Å²) in [6.45, 7) is -0.882. The van der Waals surface area contributed by atoms with Gasteiger partial charge in [-0.15, -0.1) is 0 Å². The summed E-state index contributed by atoms with van der Waals surface area (Å²) in [7, 11) is -0.232. The zero-order chi connectivity index (χ0) is 8.85. The zero-order valence-electron chi connectivity index (χ0n) is 5.39. The van der Waals surface area contributed by atoms with Crippen molar-refractivity contribution in [1.29, 1.82) is 0 Å². The average Bonchev–Trinajstić information content (AvgIpc) is 2.02. The van der Waals surface area contributed by atoms with Crippen molar-refractivity contribution in [2.75, 3.05) is 6.61 Å². The molecule has 0 aromatic carbocycles. The van der Waals surface area contributed by atoms with E-state index in [2.05, 4.69) is 4.65 Å². The van der Waals surface area contributed by atoms with Gasteiger partial charge < -0.3 is 0 Å². The topological polar surface area (TPSA) is 101 Å². The van der Waals surface area contributed by atoms with Gasteiger partial charge in [-0.1, -0.05) is 0 Å². The van der Waals surface area contributed by atoms with Gasteiger partial charge in [0.15, 0.2) is 0 Å². The molecule has 0 aliphatic rings. The molecule has 0 saturated heterocycles. The molecule has 0 saturated carbocycles. The molecule has 7 heteroatoms. The number of hydrogen-bond acceptors (Lipinski definition) is 6. The second-order valence-electron chi connectivity index (χ2n) is 1.56. The van der Waals surface area contributed by atoms with Crippen LogP contribution in [0.5, 0.6) is 0 Å². The van der Waals surface area contributed by atoms with Gasteiger partial charge in [-0.05, 0) is 0 Å². The van der Waals surface area contributed by atoms with Gasteiger partial charge in [0, 0.05) is 0 Å². The van der Waals surface area contributed by atoms with E-state index in [9.17, 15) is 14.3 Å². The van der Waals surface area contributed by atoms with Crippen LogP contribution < -0.4 is 0 Å². The molecule has 0 aliphatic heterocycles. The third kappa shape index (κ3) is 3.01. The maximum atomic E-state index is 10.4. The summed E-state index contributed by atoms with van der Waals surface area (Å²) in [5.74, 6) is -2.83. The minimum absolute atomic E-state index is 0.232. The number of carbonyl (C=O) groups is 2. The molecular weight excluding hydrogens is 155 g/mol. The van der Waals surface area contributed by atoms with Crippen LogP contribution in [-0.4, -0.2) is 42.0 Å². The van der Waals surface area contributed by atoms with E-state index >= 15 is 0 Å². The summed E-state index contributed by atoms with van der Waals surface area (Å²) >= 11 is 0. The van der Waals surface area contributed by atoms with Gasteiger partial charge in [0.25, 0.3) is 0 Å². The van der Waals surface area contributed by atoms with Crippen molar-refractivity contribution in [3.63, 3.8) is 0 Å². The molecule has 0 aliphatic carbocycles. The van der Waals surface area contributed by atoms with Crippen molar-refractivity contribution in [2.45, 2.75) is 6.10 Å². The fourth-order valence-electron chi connectivity index (χ4n) is 0.321. The molecule has 60 valence electrons. The second-order valence-corrected chi connectivity index (χ2v) is 1.56. The number of aliphatic hydroxyl groups excluding tert-OH is 2. The molecule has 1 unspecified atom stereocenters. The standard InChI is InChI=1S/C4H5BO6/c6-1-2(7)3(8)4(9)11-5-10/h2,6-7H,1H2. The van der Waals surface area contributed by atoms with E-state index in [0.717, 1.165) is 0 Å². The Balaban J connectivity index is 4.02.